The van der Waals surface area contributed by atoms with Crippen LogP contribution in [0.25, 0.3) is 0 Å². The molecule has 1 aliphatic rings. The highest BCUT2D eigenvalue weighted by atomic mass is 19.1. The van der Waals surface area contributed by atoms with E-state index in [4.69, 9.17) is 4.74 Å². The Hall–Kier alpha value is -3.34. The number of nitrogens with zero attached hydrogens (tertiary/aromatic N) is 1. The molecule has 0 spiro atoms. The number of anilines is 1. The van der Waals surface area contributed by atoms with E-state index in [0.717, 1.165) is 22.6 Å². The third-order valence-electron chi connectivity index (χ3n) is 4.72. The van der Waals surface area contributed by atoms with Gasteiger partial charge in [-0.05, 0) is 47.5 Å². The first kappa shape index (κ1) is 17.1. The van der Waals surface area contributed by atoms with Gasteiger partial charge in [0.05, 0.1) is 12.7 Å². The van der Waals surface area contributed by atoms with Crippen molar-refractivity contribution in [2.45, 2.75) is 12.7 Å². The van der Waals surface area contributed by atoms with Crippen molar-refractivity contribution in [3.05, 3.63) is 95.3 Å². The van der Waals surface area contributed by atoms with Gasteiger partial charge in [0.15, 0.2) is 0 Å². The molecule has 1 aliphatic heterocycles. The van der Waals surface area contributed by atoms with Crippen molar-refractivity contribution in [3.8, 4) is 5.75 Å². The molecule has 5 heteroatoms. The molecule has 0 saturated heterocycles. The van der Waals surface area contributed by atoms with Crippen LogP contribution in [0.3, 0.4) is 0 Å². The summed E-state index contributed by atoms with van der Waals surface area (Å²) in [4.78, 5) is 14.9. The molecule has 3 aromatic carbocycles. The number of nitrogens with one attached hydrogen (secondary N) is 1. The first-order valence-electron chi connectivity index (χ1n) is 8.70. The van der Waals surface area contributed by atoms with Gasteiger partial charge in [-0.1, -0.05) is 36.4 Å². The van der Waals surface area contributed by atoms with E-state index in [1.54, 1.807) is 24.1 Å². The molecule has 1 N–H and O–H groups in total. The number of carbonyl (C=O) groups excluding carboxylic acids is 1. The molecule has 1 atom stereocenters. The molecule has 1 unspecified atom stereocenters. The quantitative estimate of drug-likeness (QED) is 0.737. The molecule has 136 valence electrons. The number of fused-ring (bicyclic) bond motifs is 1. The zero-order valence-corrected chi connectivity index (χ0v) is 14.9. The minimum atomic E-state index is -0.380. The molecule has 3 aromatic rings. The number of halogens is 1. The van der Waals surface area contributed by atoms with Gasteiger partial charge in [0.2, 0.25) is 0 Å². The van der Waals surface area contributed by atoms with Crippen LogP contribution in [0.15, 0.2) is 72.8 Å². The summed E-state index contributed by atoms with van der Waals surface area (Å²) in [5.41, 5.74) is 3.22. The second-order valence-corrected chi connectivity index (χ2v) is 6.43. The molecule has 0 saturated carbocycles. The molecular weight excluding hydrogens is 343 g/mol. The van der Waals surface area contributed by atoms with Crippen LogP contribution in [0.1, 0.15) is 27.7 Å². The van der Waals surface area contributed by atoms with Crippen molar-refractivity contribution < 1.29 is 13.9 Å². The Balaban J connectivity index is 1.71. The van der Waals surface area contributed by atoms with Crippen LogP contribution in [-0.2, 0) is 6.54 Å². The highest BCUT2D eigenvalue weighted by molar-refractivity contribution is 6.01. The second kappa shape index (κ2) is 7.11. The minimum Gasteiger partial charge on any atom is -0.497 e. The topological polar surface area (TPSA) is 41.6 Å². The van der Waals surface area contributed by atoms with Crippen molar-refractivity contribution in [1.29, 1.82) is 0 Å². The van der Waals surface area contributed by atoms with Crippen LogP contribution in [-0.4, -0.2) is 17.9 Å². The fraction of sp³-hybridized carbons (Fsp3) is 0.136. The summed E-state index contributed by atoms with van der Waals surface area (Å²) in [5.74, 6) is 0.403. The Labute approximate surface area is 157 Å². The van der Waals surface area contributed by atoms with Crippen LogP contribution >= 0.6 is 0 Å². The number of hydrogen-bond donors (Lipinski definition) is 1. The van der Waals surface area contributed by atoms with Crippen LogP contribution in [0, 0.1) is 5.82 Å². The largest absolute Gasteiger partial charge is 0.497 e. The lowest BCUT2D eigenvalue weighted by molar-refractivity contribution is 0.0666. The number of methoxy groups -OCH3 is 1. The van der Waals surface area contributed by atoms with Crippen LogP contribution in [0.2, 0.25) is 0 Å². The van der Waals surface area contributed by atoms with Gasteiger partial charge >= 0.3 is 0 Å². The van der Waals surface area contributed by atoms with E-state index < -0.39 is 0 Å². The molecule has 0 aromatic heterocycles. The first-order valence-corrected chi connectivity index (χ1v) is 8.70. The number of para-hydroxylation sites is 1. The summed E-state index contributed by atoms with van der Waals surface area (Å²) in [6, 6.07) is 21.3. The van der Waals surface area contributed by atoms with E-state index in [1.807, 2.05) is 48.5 Å². The number of carbonyl (C=O) groups is 1. The van der Waals surface area contributed by atoms with Crippen LogP contribution in [0.4, 0.5) is 10.1 Å². The second-order valence-electron chi connectivity index (χ2n) is 6.43. The number of ether oxygens (including phenoxy) is 1. The zero-order chi connectivity index (χ0) is 18.8. The summed E-state index contributed by atoms with van der Waals surface area (Å²) in [5, 5.41) is 3.41. The van der Waals surface area contributed by atoms with Crippen molar-refractivity contribution in [2.75, 3.05) is 12.4 Å². The zero-order valence-electron chi connectivity index (χ0n) is 14.9. The fourth-order valence-corrected chi connectivity index (χ4v) is 3.29. The maximum atomic E-state index is 13.4. The van der Waals surface area contributed by atoms with E-state index in [1.165, 1.54) is 12.1 Å². The summed E-state index contributed by atoms with van der Waals surface area (Å²) in [6.45, 7) is 0.423. The summed E-state index contributed by atoms with van der Waals surface area (Å²) >= 11 is 0. The highest BCUT2D eigenvalue weighted by Crippen LogP contribution is 2.34. The SMILES string of the molecule is COc1ccc(CN2C(=O)c3ccccc3NC2c2ccc(F)cc2)cc1. The van der Waals surface area contributed by atoms with Crippen molar-refractivity contribution in [2.24, 2.45) is 0 Å². The summed E-state index contributed by atoms with van der Waals surface area (Å²) in [6.07, 6.45) is -0.380. The van der Waals surface area contributed by atoms with Gasteiger partial charge in [0, 0.05) is 12.2 Å². The third kappa shape index (κ3) is 3.36. The minimum absolute atomic E-state index is 0.0607. The molecule has 0 bridgehead atoms. The van der Waals surface area contributed by atoms with Gasteiger partial charge in [0.1, 0.15) is 17.7 Å². The molecule has 1 heterocycles. The van der Waals surface area contributed by atoms with E-state index in [0.29, 0.717) is 12.1 Å². The van der Waals surface area contributed by atoms with Gasteiger partial charge in [-0.3, -0.25) is 4.79 Å². The van der Waals surface area contributed by atoms with Gasteiger partial charge in [-0.15, -0.1) is 0 Å². The Bertz CT molecular complexity index is 955. The van der Waals surface area contributed by atoms with Crippen LogP contribution < -0.4 is 10.1 Å². The number of amides is 1. The Morgan fingerprint density at radius 3 is 2.41 bits per heavy atom. The average molecular weight is 362 g/mol. The molecule has 0 radical (unpaired) electrons. The predicted molar refractivity (Wildman–Crippen MR) is 102 cm³/mol. The third-order valence-corrected chi connectivity index (χ3v) is 4.72. The molecular formula is C22H19FN2O2. The average Bonchev–Trinajstić information content (AvgIpc) is 2.71. The standard InChI is InChI=1S/C22H19FN2O2/c1-27-18-12-6-15(7-13-18)14-25-21(16-8-10-17(23)11-9-16)24-20-5-3-2-4-19(20)22(25)26/h2-13,21,24H,14H2,1H3. The van der Waals surface area contributed by atoms with Gasteiger partial charge in [-0.25, -0.2) is 4.39 Å². The van der Waals surface area contributed by atoms with Crippen LogP contribution in [0.5, 0.6) is 5.75 Å². The van der Waals surface area contributed by atoms with Crippen molar-refractivity contribution in [3.63, 3.8) is 0 Å². The Morgan fingerprint density at radius 1 is 1.00 bits per heavy atom. The molecule has 27 heavy (non-hydrogen) atoms. The van der Waals surface area contributed by atoms with Crippen molar-refractivity contribution in [1.82, 2.24) is 4.90 Å². The fourth-order valence-electron chi connectivity index (χ4n) is 3.29. The molecule has 4 nitrogen and oxygen atoms in total. The predicted octanol–water partition coefficient (Wildman–Crippen LogP) is 4.60. The van der Waals surface area contributed by atoms with Gasteiger partial charge < -0.3 is 15.0 Å². The monoisotopic (exact) mass is 362 g/mol. The Morgan fingerprint density at radius 2 is 1.70 bits per heavy atom. The van der Waals surface area contributed by atoms with E-state index >= 15 is 0 Å². The summed E-state index contributed by atoms with van der Waals surface area (Å²) in [7, 11) is 1.62. The Kier molecular flexibility index (Phi) is 4.50. The first-order chi connectivity index (χ1) is 13.2. The molecule has 4 rings (SSSR count). The summed E-state index contributed by atoms with van der Waals surface area (Å²) < 4.78 is 18.6. The molecule has 0 fully saturated rings. The van der Waals surface area contributed by atoms with Gasteiger partial charge in [0.25, 0.3) is 5.91 Å². The number of benzene rings is 3. The molecule has 1 amide bonds. The smallest absolute Gasteiger partial charge is 0.258 e. The normalized spacial score (nSPS) is 15.9. The highest BCUT2D eigenvalue weighted by Gasteiger charge is 2.32. The van der Waals surface area contributed by atoms with Crippen molar-refractivity contribution >= 4 is 11.6 Å². The maximum absolute atomic E-state index is 13.4. The van der Waals surface area contributed by atoms with E-state index in [9.17, 15) is 9.18 Å². The molecule has 0 aliphatic carbocycles. The van der Waals surface area contributed by atoms with E-state index in [2.05, 4.69) is 5.32 Å². The van der Waals surface area contributed by atoms with Gasteiger partial charge in [-0.2, -0.15) is 0 Å². The lowest BCUT2D eigenvalue weighted by Gasteiger charge is -2.38. The number of hydrogen-bond acceptors (Lipinski definition) is 3. The lowest BCUT2D eigenvalue weighted by Crippen LogP contribution is -2.42. The number of rotatable bonds is 4. The lowest BCUT2D eigenvalue weighted by atomic mass is 10.0. The van der Waals surface area contributed by atoms with E-state index in [-0.39, 0.29) is 17.9 Å². The maximum Gasteiger partial charge on any atom is 0.258 e.